The summed E-state index contributed by atoms with van der Waals surface area (Å²) in [5.74, 6) is -0.282. The molecule has 1 aromatic heterocycles. The van der Waals surface area contributed by atoms with Gasteiger partial charge in [-0.15, -0.1) is 11.3 Å². The summed E-state index contributed by atoms with van der Waals surface area (Å²) >= 11 is 7.37. The molecular weight excluding hydrogens is 494 g/mol. The first kappa shape index (κ1) is 25.5. The number of halogens is 1. The zero-order valence-electron chi connectivity index (χ0n) is 20.2. The molecule has 1 N–H and O–H groups in total. The van der Waals surface area contributed by atoms with Crippen molar-refractivity contribution < 1.29 is 19.1 Å². The highest BCUT2D eigenvalue weighted by atomic mass is 35.5. The molecule has 1 amide bonds. The topological polar surface area (TPSA) is 64.6 Å². The van der Waals surface area contributed by atoms with Gasteiger partial charge in [0.2, 0.25) is 0 Å². The summed E-state index contributed by atoms with van der Waals surface area (Å²) in [5, 5.41) is 3.90. The van der Waals surface area contributed by atoms with Gasteiger partial charge in [-0.05, 0) is 61.7 Å². The monoisotopic (exact) mass is 519 g/mol. The van der Waals surface area contributed by atoms with Crippen LogP contribution in [0.25, 0.3) is 22.3 Å². The van der Waals surface area contributed by atoms with E-state index in [1.54, 1.807) is 26.0 Å². The highest BCUT2D eigenvalue weighted by Gasteiger charge is 2.27. The van der Waals surface area contributed by atoms with Gasteiger partial charge in [0.05, 0.1) is 6.61 Å². The normalized spacial score (nSPS) is 11.6. The Balaban J connectivity index is 1.53. The fourth-order valence-electron chi connectivity index (χ4n) is 3.82. The number of carbonyl (C=O) groups excluding carboxylic acids is 2. The number of anilines is 1. The van der Waals surface area contributed by atoms with Crippen LogP contribution in [0.3, 0.4) is 0 Å². The Morgan fingerprint density at radius 2 is 1.53 bits per heavy atom. The summed E-state index contributed by atoms with van der Waals surface area (Å²) in [6.45, 7) is 5.54. The van der Waals surface area contributed by atoms with Crippen LogP contribution in [-0.4, -0.2) is 24.6 Å². The smallest absolute Gasteiger partial charge is 0.341 e. The highest BCUT2D eigenvalue weighted by Crippen LogP contribution is 2.41. The first-order chi connectivity index (χ1) is 17.4. The van der Waals surface area contributed by atoms with E-state index in [1.165, 1.54) is 11.3 Å². The van der Waals surface area contributed by atoms with Gasteiger partial charge in [-0.25, -0.2) is 4.79 Å². The molecule has 184 valence electrons. The molecule has 4 aromatic rings. The van der Waals surface area contributed by atoms with Crippen molar-refractivity contribution in [2.75, 3.05) is 11.9 Å². The van der Waals surface area contributed by atoms with E-state index in [0.29, 0.717) is 21.3 Å². The van der Waals surface area contributed by atoms with E-state index < -0.39 is 12.1 Å². The number of aryl methyl sites for hydroxylation is 1. The number of thiophene rings is 1. The molecule has 1 atom stereocenters. The van der Waals surface area contributed by atoms with E-state index in [9.17, 15) is 9.59 Å². The third-order valence-corrected chi connectivity index (χ3v) is 6.85. The van der Waals surface area contributed by atoms with Crippen molar-refractivity contribution in [2.24, 2.45) is 0 Å². The summed E-state index contributed by atoms with van der Waals surface area (Å²) in [7, 11) is 0. The number of amides is 1. The molecule has 36 heavy (non-hydrogen) atoms. The number of hydrogen-bond donors (Lipinski definition) is 1. The van der Waals surface area contributed by atoms with Gasteiger partial charge >= 0.3 is 5.97 Å². The quantitative estimate of drug-likeness (QED) is 0.243. The van der Waals surface area contributed by atoms with Crippen molar-refractivity contribution >= 4 is 39.8 Å². The van der Waals surface area contributed by atoms with Crippen molar-refractivity contribution in [2.45, 2.75) is 26.9 Å². The van der Waals surface area contributed by atoms with Gasteiger partial charge in [0.1, 0.15) is 16.3 Å². The van der Waals surface area contributed by atoms with Crippen LogP contribution in [0.2, 0.25) is 5.02 Å². The van der Waals surface area contributed by atoms with E-state index >= 15 is 0 Å². The number of rotatable bonds is 8. The van der Waals surface area contributed by atoms with Crippen LogP contribution in [-0.2, 0) is 9.53 Å². The third-order valence-electron chi connectivity index (χ3n) is 5.58. The van der Waals surface area contributed by atoms with E-state index in [1.807, 2.05) is 73.7 Å². The van der Waals surface area contributed by atoms with Crippen molar-refractivity contribution in [3.63, 3.8) is 0 Å². The van der Waals surface area contributed by atoms with Gasteiger partial charge in [-0.2, -0.15) is 0 Å². The summed E-state index contributed by atoms with van der Waals surface area (Å²) in [4.78, 5) is 26.8. The van der Waals surface area contributed by atoms with Crippen molar-refractivity contribution in [3.8, 4) is 28.0 Å². The van der Waals surface area contributed by atoms with E-state index in [2.05, 4.69) is 5.32 Å². The molecule has 0 fully saturated rings. The molecule has 7 heteroatoms. The standard InChI is InChI=1S/C29H26ClNO4S/c1-4-34-29(33)26-25(22-10-14-23(30)15-11-22)19(3)36-28(26)31-27(32)18(2)35-24-16-12-21(13-17-24)20-8-6-5-7-9-20/h5-18H,4H2,1-3H3,(H,31,32). The van der Waals surface area contributed by atoms with Crippen LogP contribution in [0.5, 0.6) is 5.75 Å². The molecule has 0 saturated heterocycles. The van der Waals surface area contributed by atoms with Gasteiger partial charge in [0.25, 0.3) is 5.91 Å². The number of ether oxygens (including phenoxy) is 2. The van der Waals surface area contributed by atoms with Gasteiger partial charge in [0, 0.05) is 15.5 Å². The number of benzene rings is 3. The average Bonchev–Trinajstić information content (AvgIpc) is 3.21. The van der Waals surface area contributed by atoms with E-state index in [4.69, 9.17) is 21.1 Å². The predicted molar refractivity (Wildman–Crippen MR) is 146 cm³/mol. The molecule has 0 aliphatic carbocycles. The largest absolute Gasteiger partial charge is 0.481 e. The molecule has 0 radical (unpaired) electrons. The van der Waals surface area contributed by atoms with Crippen LogP contribution in [0.1, 0.15) is 29.1 Å². The minimum atomic E-state index is -0.788. The number of nitrogens with one attached hydrogen (secondary N) is 1. The Bertz CT molecular complexity index is 1350. The molecule has 5 nitrogen and oxygen atoms in total. The van der Waals surface area contributed by atoms with Crippen LogP contribution in [0.4, 0.5) is 5.00 Å². The maximum Gasteiger partial charge on any atom is 0.341 e. The van der Waals surface area contributed by atoms with E-state index in [0.717, 1.165) is 27.1 Å². The zero-order chi connectivity index (χ0) is 25.7. The SMILES string of the molecule is CCOC(=O)c1c(NC(=O)C(C)Oc2ccc(-c3ccccc3)cc2)sc(C)c1-c1ccc(Cl)cc1. The second-order valence-corrected chi connectivity index (χ2v) is 9.77. The molecule has 0 bridgehead atoms. The lowest BCUT2D eigenvalue weighted by Gasteiger charge is -2.15. The Hall–Kier alpha value is -3.61. The minimum absolute atomic E-state index is 0.222. The fourth-order valence-corrected chi connectivity index (χ4v) is 5.02. The molecular formula is C29H26ClNO4S. The lowest BCUT2D eigenvalue weighted by atomic mass is 10.0. The number of esters is 1. The molecule has 0 aliphatic rings. The van der Waals surface area contributed by atoms with Crippen LogP contribution >= 0.6 is 22.9 Å². The molecule has 1 unspecified atom stereocenters. The fraction of sp³-hybridized carbons (Fsp3) is 0.172. The van der Waals surface area contributed by atoms with Gasteiger partial charge in [-0.3, -0.25) is 4.79 Å². The molecule has 0 saturated carbocycles. The predicted octanol–water partition coefficient (Wildman–Crippen LogP) is 7.63. The molecule has 4 rings (SSSR count). The highest BCUT2D eigenvalue weighted by molar-refractivity contribution is 7.17. The van der Waals surface area contributed by atoms with Crippen molar-refractivity contribution in [3.05, 3.63) is 94.3 Å². The second-order valence-electron chi connectivity index (χ2n) is 8.10. The van der Waals surface area contributed by atoms with E-state index in [-0.39, 0.29) is 12.5 Å². The summed E-state index contributed by atoms with van der Waals surface area (Å²) in [5.41, 5.74) is 4.03. The number of carbonyl (C=O) groups is 2. The zero-order valence-corrected chi connectivity index (χ0v) is 21.8. The Morgan fingerprint density at radius 1 is 0.917 bits per heavy atom. The Labute approximate surface area is 219 Å². The number of hydrogen-bond acceptors (Lipinski definition) is 5. The third kappa shape index (κ3) is 5.78. The van der Waals surface area contributed by atoms with Crippen molar-refractivity contribution in [1.82, 2.24) is 0 Å². The van der Waals surface area contributed by atoms with Gasteiger partial charge in [0.15, 0.2) is 6.10 Å². The molecule has 0 aliphatic heterocycles. The Morgan fingerprint density at radius 3 is 2.17 bits per heavy atom. The Kier molecular flexibility index (Phi) is 8.08. The lowest BCUT2D eigenvalue weighted by molar-refractivity contribution is -0.122. The summed E-state index contributed by atoms with van der Waals surface area (Å²) in [6, 6.07) is 24.8. The lowest BCUT2D eigenvalue weighted by Crippen LogP contribution is -2.30. The maximum absolute atomic E-state index is 13.0. The van der Waals surface area contributed by atoms with Crippen LogP contribution in [0, 0.1) is 6.92 Å². The summed E-state index contributed by atoms with van der Waals surface area (Å²) < 4.78 is 11.2. The first-order valence-corrected chi connectivity index (χ1v) is 12.8. The molecule has 3 aromatic carbocycles. The van der Waals surface area contributed by atoms with Gasteiger partial charge in [-0.1, -0.05) is 66.2 Å². The van der Waals surface area contributed by atoms with Crippen LogP contribution < -0.4 is 10.1 Å². The first-order valence-electron chi connectivity index (χ1n) is 11.6. The summed E-state index contributed by atoms with van der Waals surface area (Å²) in [6.07, 6.45) is -0.788. The molecule has 1 heterocycles. The maximum atomic E-state index is 13.0. The minimum Gasteiger partial charge on any atom is -0.481 e. The average molecular weight is 520 g/mol. The van der Waals surface area contributed by atoms with Crippen LogP contribution in [0.15, 0.2) is 78.9 Å². The van der Waals surface area contributed by atoms with Crippen molar-refractivity contribution in [1.29, 1.82) is 0 Å². The molecule has 0 spiro atoms. The second kappa shape index (κ2) is 11.4. The van der Waals surface area contributed by atoms with Gasteiger partial charge < -0.3 is 14.8 Å².